The fourth-order valence-electron chi connectivity index (χ4n) is 3.91. The van der Waals surface area contributed by atoms with Crippen LogP contribution in [0.5, 0.6) is 0 Å². The maximum atomic E-state index is 11.3. The lowest BCUT2D eigenvalue weighted by molar-refractivity contribution is -0.310. The van der Waals surface area contributed by atoms with Crippen LogP contribution in [0.4, 0.5) is 0 Å². The van der Waals surface area contributed by atoms with E-state index in [1.165, 1.54) is 0 Å². The molecule has 5 unspecified atom stereocenters. The monoisotopic (exact) mass is 269 g/mol. The quantitative estimate of drug-likeness (QED) is 0.357. The molecule has 0 aromatic heterocycles. The largest absolute Gasteiger partial charge is 0.481 e. The molecule has 2 rings (SSSR count). The molecule has 19 heavy (non-hydrogen) atoms. The van der Waals surface area contributed by atoms with Gasteiger partial charge in [0.2, 0.25) is 0 Å². The van der Waals surface area contributed by atoms with Crippen LogP contribution in [-0.4, -0.2) is 21.9 Å². The Morgan fingerprint density at radius 1 is 1.47 bits per heavy atom. The van der Waals surface area contributed by atoms with Crippen molar-refractivity contribution in [1.29, 1.82) is 0 Å². The lowest BCUT2D eigenvalue weighted by atomic mass is 9.60. The van der Waals surface area contributed by atoms with Gasteiger partial charge in [0.05, 0.1) is 5.92 Å². The van der Waals surface area contributed by atoms with Gasteiger partial charge in [-0.15, -0.1) is 0 Å². The number of hydrogen-bond donors (Lipinski definition) is 2. The number of hydrogen-bond acceptors (Lipinski definition) is 3. The summed E-state index contributed by atoms with van der Waals surface area (Å²) >= 11 is 0. The number of carboxylic acid groups (broad SMARTS) is 1. The van der Waals surface area contributed by atoms with Crippen molar-refractivity contribution >= 4 is 5.97 Å². The number of aliphatic carboxylic acids is 1. The molecule has 1 fully saturated rings. The molecule has 2 N–H and O–H groups in total. The molecule has 0 amide bonds. The lowest BCUT2D eigenvalue weighted by Crippen LogP contribution is -2.45. The summed E-state index contributed by atoms with van der Waals surface area (Å²) in [6.07, 6.45) is 6.77. The fraction of sp³-hybridized carbons (Fsp3) is 0.800. The second kappa shape index (κ2) is 5.25. The SMILES string of the molecule is CC(C(=O)O)C1CC[C@@H]([13CH3])C2C=CC(C)(OO)CC12. The van der Waals surface area contributed by atoms with Crippen LogP contribution < -0.4 is 0 Å². The minimum atomic E-state index is -0.723. The van der Waals surface area contributed by atoms with Gasteiger partial charge in [0.25, 0.3) is 0 Å². The Bertz CT molecular complexity index is 378. The zero-order valence-corrected chi connectivity index (χ0v) is 11.9. The molecule has 0 spiro atoms. The highest BCUT2D eigenvalue weighted by atomic mass is 17.1. The van der Waals surface area contributed by atoms with Gasteiger partial charge >= 0.3 is 5.97 Å². The maximum Gasteiger partial charge on any atom is 0.306 e. The molecule has 0 bridgehead atoms. The van der Waals surface area contributed by atoms with Gasteiger partial charge in [-0.3, -0.25) is 10.1 Å². The van der Waals surface area contributed by atoms with Gasteiger partial charge in [-0.2, -0.15) is 0 Å². The molecule has 2 aliphatic rings. The van der Waals surface area contributed by atoms with Crippen LogP contribution in [-0.2, 0) is 9.68 Å². The minimum absolute atomic E-state index is 0.165. The summed E-state index contributed by atoms with van der Waals surface area (Å²) in [5, 5.41) is 18.4. The fourth-order valence-corrected chi connectivity index (χ4v) is 3.91. The van der Waals surface area contributed by atoms with E-state index in [-0.39, 0.29) is 17.8 Å². The summed E-state index contributed by atoms with van der Waals surface area (Å²) in [6.45, 7) is 5.88. The molecule has 4 nitrogen and oxygen atoms in total. The lowest BCUT2D eigenvalue weighted by Gasteiger charge is -2.47. The van der Waals surface area contributed by atoms with Crippen molar-refractivity contribution in [3.05, 3.63) is 12.2 Å². The Kier molecular flexibility index (Phi) is 4.02. The third-order valence-electron chi connectivity index (χ3n) is 5.21. The van der Waals surface area contributed by atoms with Crippen molar-refractivity contribution in [3.8, 4) is 0 Å². The van der Waals surface area contributed by atoms with Crippen molar-refractivity contribution in [3.63, 3.8) is 0 Å². The third-order valence-corrected chi connectivity index (χ3v) is 5.21. The number of rotatable bonds is 3. The van der Waals surface area contributed by atoms with Crippen LogP contribution in [0.2, 0.25) is 0 Å². The second-order valence-electron chi connectivity index (χ2n) is 6.55. The van der Waals surface area contributed by atoms with E-state index in [0.717, 1.165) is 12.8 Å². The molecule has 6 atom stereocenters. The molecule has 4 heteroatoms. The zero-order valence-electron chi connectivity index (χ0n) is 11.9. The Hall–Kier alpha value is -0.870. The first-order chi connectivity index (χ1) is 8.88. The van der Waals surface area contributed by atoms with Gasteiger partial charge in [-0.25, -0.2) is 4.89 Å². The molecule has 0 aliphatic heterocycles. The standard InChI is InChI=1S/C15H24O4/c1-9-4-5-12(10(2)14(16)17)13-8-15(3,19-18)7-6-11(9)13/h6-7,9-13,18H,4-5,8H2,1-3H3,(H,16,17)/t9-,10?,11?,12?,13?,15?/m1/s1/i1+1. The number of carboxylic acids is 1. The summed E-state index contributed by atoms with van der Waals surface area (Å²) in [7, 11) is 0. The average Bonchev–Trinajstić information content (AvgIpc) is 2.38. The van der Waals surface area contributed by atoms with Gasteiger partial charge in [0.15, 0.2) is 0 Å². The topological polar surface area (TPSA) is 66.8 Å². The van der Waals surface area contributed by atoms with Crippen LogP contribution in [0, 0.1) is 29.6 Å². The highest BCUT2D eigenvalue weighted by Gasteiger charge is 2.46. The van der Waals surface area contributed by atoms with Gasteiger partial charge in [-0.1, -0.05) is 26.0 Å². The van der Waals surface area contributed by atoms with E-state index in [4.69, 9.17) is 5.26 Å². The van der Waals surface area contributed by atoms with Crippen LogP contribution in [0.1, 0.15) is 40.0 Å². The highest BCUT2D eigenvalue weighted by molar-refractivity contribution is 5.70. The van der Waals surface area contributed by atoms with E-state index in [0.29, 0.717) is 18.3 Å². The van der Waals surface area contributed by atoms with Crippen molar-refractivity contribution < 1.29 is 20.0 Å². The summed E-state index contributed by atoms with van der Waals surface area (Å²) in [4.78, 5) is 15.9. The molecule has 1 saturated carbocycles. The molecular formula is C15H24O4. The molecule has 2 aliphatic carbocycles. The molecule has 0 aromatic carbocycles. The normalized spacial score (nSPS) is 43.6. The molecule has 0 radical (unpaired) electrons. The van der Waals surface area contributed by atoms with E-state index in [1.807, 2.05) is 13.0 Å². The second-order valence-corrected chi connectivity index (χ2v) is 6.55. The average molecular weight is 269 g/mol. The van der Waals surface area contributed by atoms with Crippen molar-refractivity contribution in [1.82, 2.24) is 0 Å². The first-order valence-electron chi connectivity index (χ1n) is 7.12. The predicted octanol–water partition coefficient (Wildman–Crippen LogP) is 3.19. The number of fused-ring (bicyclic) bond motifs is 1. The molecular weight excluding hydrogens is 245 g/mol. The van der Waals surface area contributed by atoms with E-state index in [2.05, 4.69) is 17.9 Å². The first kappa shape index (κ1) is 14.5. The Balaban J connectivity index is 2.26. The molecule has 0 saturated heterocycles. The first-order valence-corrected chi connectivity index (χ1v) is 7.12. The van der Waals surface area contributed by atoms with E-state index in [1.54, 1.807) is 6.92 Å². The zero-order chi connectivity index (χ0) is 14.2. The Morgan fingerprint density at radius 2 is 2.16 bits per heavy atom. The van der Waals surface area contributed by atoms with Crippen LogP contribution in [0.15, 0.2) is 12.2 Å². The smallest absolute Gasteiger partial charge is 0.306 e. The van der Waals surface area contributed by atoms with Gasteiger partial charge in [0.1, 0.15) is 5.60 Å². The number of allylic oxidation sites excluding steroid dienone is 1. The van der Waals surface area contributed by atoms with Gasteiger partial charge in [-0.05, 0) is 49.9 Å². The van der Waals surface area contributed by atoms with Crippen molar-refractivity contribution in [2.45, 2.75) is 45.6 Å². The summed E-state index contributed by atoms with van der Waals surface area (Å²) in [5.74, 6) is 0.356. The molecule has 0 heterocycles. The summed E-state index contributed by atoms with van der Waals surface area (Å²) in [5.41, 5.74) is -0.672. The highest BCUT2D eigenvalue weighted by Crippen LogP contribution is 2.49. The Labute approximate surface area is 114 Å². The predicted molar refractivity (Wildman–Crippen MR) is 71.5 cm³/mol. The van der Waals surface area contributed by atoms with E-state index in [9.17, 15) is 9.90 Å². The van der Waals surface area contributed by atoms with Gasteiger partial charge in [0, 0.05) is 0 Å². The van der Waals surface area contributed by atoms with Crippen LogP contribution in [0.25, 0.3) is 0 Å². The maximum absolute atomic E-state index is 11.3. The summed E-state index contributed by atoms with van der Waals surface area (Å²) in [6, 6.07) is 0. The number of carbonyl (C=O) groups is 1. The summed E-state index contributed by atoms with van der Waals surface area (Å²) < 4.78 is 0. The minimum Gasteiger partial charge on any atom is -0.481 e. The van der Waals surface area contributed by atoms with Crippen LogP contribution >= 0.6 is 0 Å². The van der Waals surface area contributed by atoms with Crippen LogP contribution in [0.3, 0.4) is 0 Å². The molecule has 0 aromatic rings. The van der Waals surface area contributed by atoms with E-state index >= 15 is 0 Å². The third kappa shape index (κ3) is 2.70. The van der Waals surface area contributed by atoms with Gasteiger partial charge < -0.3 is 5.11 Å². The van der Waals surface area contributed by atoms with Crippen molar-refractivity contribution in [2.75, 3.05) is 0 Å². The van der Waals surface area contributed by atoms with Crippen molar-refractivity contribution in [2.24, 2.45) is 29.6 Å². The van der Waals surface area contributed by atoms with E-state index < -0.39 is 11.6 Å². The molecule has 108 valence electrons. The Morgan fingerprint density at radius 3 is 2.74 bits per heavy atom.